The van der Waals surface area contributed by atoms with Gasteiger partial charge < -0.3 is 52.0 Å². The predicted molar refractivity (Wildman–Crippen MR) is 264 cm³/mol. The van der Waals surface area contributed by atoms with Gasteiger partial charge >= 0.3 is 5.97 Å². The van der Waals surface area contributed by atoms with Crippen LogP contribution in [0.25, 0.3) is 11.1 Å². The molecule has 4 atom stereocenters. The Bertz CT molecular complexity index is 2750. The second kappa shape index (κ2) is 26.9. The zero-order valence-electron chi connectivity index (χ0n) is 41.6. The minimum absolute atomic E-state index is 0.0823. The van der Waals surface area contributed by atoms with Gasteiger partial charge in [0.05, 0.1) is 24.0 Å². The van der Waals surface area contributed by atoms with Gasteiger partial charge in [-0.15, -0.1) is 0 Å². The number of benzene rings is 2. The fraction of sp³-hybridized carbons (Fsp3) is 0.429. The number of nitrogens with zero attached hydrogens (tertiary/aromatic N) is 3. The van der Waals surface area contributed by atoms with Gasteiger partial charge in [0.1, 0.15) is 42.9 Å². The van der Waals surface area contributed by atoms with Gasteiger partial charge in [-0.1, -0.05) is 51.1 Å². The van der Waals surface area contributed by atoms with Crippen LogP contribution in [0.4, 0.5) is 8.78 Å². The molecule has 9 N–H and O–H groups in total. The van der Waals surface area contributed by atoms with Gasteiger partial charge in [0, 0.05) is 74.7 Å². The van der Waals surface area contributed by atoms with Crippen LogP contribution in [0.5, 0.6) is 0 Å². The number of hydrogen-bond donors (Lipinski definition) is 8. The summed E-state index contributed by atoms with van der Waals surface area (Å²) in [6, 6.07) is 7.85. The number of sulfone groups is 1. The normalized spacial score (nSPS) is 14.0. The lowest BCUT2D eigenvalue weighted by Gasteiger charge is -2.41. The molecule has 0 saturated heterocycles. The van der Waals surface area contributed by atoms with Crippen molar-refractivity contribution in [2.24, 2.45) is 11.1 Å². The highest BCUT2D eigenvalue weighted by atomic mass is 32.2. The number of halogens is 2. The van der Waals surface area contributed by atoms with E-state index in [9.17, 15) is 65.9 Å². The summed E-state index contributed by atoms with van der Waals surface area (Å²) in [5, 5.41) is 31.2. The Hall–Kier alpha value is -7.87. The Labute approximate surface area is 430 Å². The number of aliphatic carboxylic acids is 1. The van der Waals surface area contributed by atoms with E-state index in [1.165, 1.54) is 4.90 Å². The molecule has 0 radical (unpaired) electrons. The van der Waals surface area contributed by atoms with Crippen molar-refractivity contribution in [2.75, 3.05) is 44.3 Å². The molecule has 406 valence electrons. The SMILES string of the molecule is CC(=O)N[C@@H](CC(N)=O)C(=O)N[C@@H](CCN(C(=O)CO)[C@@H](c1cc(-c2cc(F)ccc2F)cn1Cc1ccccc1)C(C)(C)C)C(=O)NCCS(=O)(=O)CCNC(=O)[C@@H](CCC(=O)O)NC(=O)CN1C(=O)C=CC1=O. The lowest BCUT2D eigenvalue weighted by atomic mass is 9.82. The Morgan fingerprint density at radius 2 is 1.40 bits per heavy atom. The molecule has 0 bridgehead atoms. The molecule has 75 heavy (non-hydrogen) atoms. The lowest BCUT2D eigenvalue weighted by molar-refractivity contribution is -0.141. The molecule has 0 fully saturated rings. The van der Waals surface area contributed by atoms with E-state index in [-0.39, 0.29) is 17.7 Å². The Balaban J connectivity index is 1.57. The van der Waals surface area contributed by atoms with E-state index in [0.717, 1.165) is 42.8 Å². The summed E-state index contributed by atoms with van der Waals surface area (Å²) < 4.78 is 57.9. The zero-order valence-corrected chi connectivity index (χ0v) is 42.4. The number of imide groups is 1. The van der Waals surface area contributed by atoms with Gasteiger partial charge in [-0.25, -0.2) is 17.2 Å². The number of primary amides is 1. The largest absolute Gasteiger partial charge is 0.481 e. The van der Waals surface area contributed by atoms with Gasteiger partial charge in [0.25, 0.3) is 11.8 Å². The van der Waals surface area contributed by atoms with E-state index in [0.29, 0.717) is 10.6 Å². The van der Waals surface area contributed by atoms with E-state index < -0.39 is 180 Å². The molecule has 26 heteroatoms. The molecule has 2 aromatic carbocycles. The minimum atomic E-state index is -4.13. The topological polar surface area (TPSA) is 343 Å². The van der Waals surface area contributed by atoms with Crippen LogP contribution < -0.4 is 32.3 Å². The van der Waals surface area contributed by atoms with Crippen LogP contribution in [-0.4, -0.2) is 155 Å². The number of carboxylic acids is 1. The Morgan fingerprint density at radius 1 is 0.800 bits per heavy atom. The Kier molecular flexibility index (Phi) is 21.4. The van der Waals surface area contributed by atoms with Crippen molar-refractivity contribution in [1.82, 2.24) is 41.0 Å². The molecular formula is C49H61F2N9O14S. The Morgan fingerprint density at radius 3 is 1.95 bits per heavy atom. The molecule has 0 saturated carbocycles. The van der Waals surface area contributed by atoms with E-state index in [2.05, 4.69) is 26.6 Å². The van der Waals surface area contributed by atoms with Crippen molar-refractivity contribution >= 4 is 69.0 Å². The summed E-state index contributed by atoms with van der Waals surface area (Å²) in [7, 11) is -4.13. The number of amides is 9. The minimum Gasteiger partial charge on any atom is -0.481 e. The zero-order chi connectivity index (χ0) is 55.8. The molecule has 23 nitrogen and oxygen atoms in total. The number of carbonyl (C=O) groups is 10. The molecule has 1 aliphatic heterocycles. The number of carbonyl (C=O) groups excluding carboxylic acids is 9. The highest BCUT2D eigenvalue weighted by Crippen LogP contribution is 2.41. The van der Waals surface area contributed by atoms with Crippen LogP contribution in [-0.2, 0) is 64.3 Å². The second-order valence-electron chi connectivity index (χ2n) is 18.6. The third-order valence-electron chi connectivity index (χ3n) is 11.5. The molecule has 2 heterocycles. The van der Waals surface area contributed by atoms with Gasteiger partial charge in [-0.05, 0) is 48.1 Å². The lowest BCUT2D eigenvalue weighted by Crippen LogP contribution is -2.55. The monoisotopic (exact) mass is 1070 g/mol. The molecule has 0 aliphatic carbocycles. The first-order chi connectivity index (χ1) is 35.2. The molecule has 4 rings (SSSR count). The molecule has 9 amide bonds. The smallest absolute Gasteiger partial charge is 0.303 e. The molecule has 0 spiro atoms. The van der Waals surface area contributed by atoms with Crippen LogP contribution in [0.15, 0.2) is 72.9 Å². The summed E-state index contributed by atoms with van der Waals surface area (Å²) in [6.07, 6.45) is 1.26. The summed E-state index contributed by atoms with van der Waals surface area (Å²) in [5.74, 6) is -12.4. The third-order valence-corrected chi connectivity index (χ3v) is 13.2. The molecule has 0 unspecified atom stereocenters. The predicted octanol–water partition coefficient (Wildman–Crippen LogP) is -0.433. The summed E-state index contributed by atoms with van der Waals surface area (Å²) in [6.45, 7) is 3.19. The highest BCUT2D eigenvalue weighted by Gasteiger charge is 2.39. The number of rotatable bonds is 28. The first-order valence-electron chi connectivity index (χ1n) is 23.5. The van der Waals surface area contributed by atoms with E-state index in [4.69, 9.17) is 10.8 Å². The fourth-order valence-electron chi connectivity index (χ4n) is 8.08. The number of hydrogen-bond acceptors (Lipinski definition) is 13. The average Bonchev–Trinajstić information content (AvgIpc) is 3.87. The average molecular weight is 1070 g/mol. The highest BCUT2D eigenvalue weighted by molar-refractivity contribution is 7.91. The molecule has 3 aromatic rings. The van der Waals surface area contributed by atoms with Crippen molar-refractivity contribution in [3.05, 3.63) is 95.8 Å². The van der Waals surface area contributed by atoms with Crippen LogP contribution in [0.1, 0.15) is 70.7 Å². The van der Waals surface area contributed by atoms with E-state index in [1.54, 1.807) is 55.8 Å². The standard InChI is InChI=1S/C49H61F2N9O14S/c1-29(62)55-37(24-39(52)63)48(72)57-36(47(71)54-18-21-75(73,74)20-17-53-46(70)35(12-15-44(68)69)56-40(64)27-60-41(65)13-14-42(60)66)16-19-59(43(67)28-61)45(49(2,3)4)38-22-31(33-23-32(50)10-11-34(33)51)26-58(38)25-30-8-6-5-7-9-30/h5-11,13-14,22-23,26,35-37,45,61H,12,15-21,24-25,27-28H2,1-4H3,(H2,52,63)(H,53,70)(H,54,71)(H,55,62)(H,56,64)(H,57,72)(H,68,69)/t35-,36+,37+,45+/m1/s1. The maximum absolute atomic E-state index is 15.3. The van der Waals surface area contributed by atoms with Crippen LogP contribution in [0.2, 0.25) is 0 Å². The van der Waals surface area contributed by atoms with Gasteiger partial charge in [0.15, 0.2) is 9.84 Å². The molecule has 1 aromatic heterocycles. The van der Waals surface area contributed by atoms with Crippen molar-refractivity contribution in [3.63, 3.8) is 0 Å². The number of carboxylic acid groups (broad SMARTS) is 1. The van der Waals surface area contributed by atoms with Crippen LogP contribution in [0.3, 0.4) is 0 Å². The summed E-state index contributed by atoms with van der Waals surface area (Å²) in [5.41, 5.74) is 5.78. The van der Waals surface area contributed by atoms with Crippen molar-refractivity contribution in [3.8, 4) is 11.1 Å². The number of aromatic nitrogens is 1. The van der Waals surface area contributed by atoms with Crippen LogP contribution >= 0.6 is 0 Å². The molecular weight excluding hydrogens is 1010 g/mol. The molecule has 1 aliphatic rings. The van der Waals surface area contributed by atoms with Crippen molar-refractivity contribution in [1.29, 1.82) is 0 Å². The second-order valence-corrected chi connectivity index (χ2v) is 20.9. The van der Waals surface area contributed by atoms with Gasteiger partial charge in [-0.2, -0.15) is 0 Å². The number of nitrogens with two attached hydrogens (primary N) is 1. The van der Waals surface area contributed by atoms with Gasteiger partial charge in [0.2, 0.25) is 41.4 Å². The van der Waals surface area contributed by atoms with Crippen molar-refractivity contribution < 1.29 is 75.4 Å². The van der Waals surface area contributed by atoms with Gasteiger partial charge in [-0.3, -0.25) is 52.8 Å². The van der Waals surface area contributed by atoms with Crippen LogP contribution in [0, 0.1) is 17.0 Å². The first-order valence-corrected chi connectivity index (χ1v) is 25.3. The van der Waals surface area contributed by atoms with E-state index >= 15 is 4.39 Å². The third kappa shape index (κ3) is 18.2. The number of aliphatic hydroxyl groups excluding tert-OH is 1. The summed E-state index contributed by atoms with van der Waals surface area (Å²) in [4.78, 5) is 128. The maximum atomic E-state index is 15.3. The maximum Gasteiger partial charge on any atom is 0.303 e. The number of aliphatic hydroxyl groups is 1. The first kappa shape index (κ1) is 59.7. The fourth-order valence-corrected chi connectivity index (χ4v) is 9.11. The van der Waals surface area contributed by atoms with Crippen molar-refractivity contribution in [2.45, 2.75) is 84.1 Å². The quantitative estimate of drug-likeness (QED) is 0.0428. The number of nitrogens with one attached hydrogen (secondary N) is 5. The van der Waals surface area contributed by atoms with E-state index in [1.807, 2.05) is 12.1 Å². The summed E-state index contributed by atoms with van der Waals surface area (Å²) >= 11 is 0.